The molecular formula is C12H16OS. The van der Waals surface area contributed by atoms with E-state index in [1.165, 1.54) is 11.1 Å². The van der Waals surface area contributed by atoms with Crippen molar-refractivity contribution in [3.05, 3.63) is 35.4 Å². The molecule has 0 radical (unpaired) electrons. The Hall–Kier alpha value is -0.470. The van der Waals surface area contributed by atoms with Crippen molar-refractivity contribution >= 4 is 11.8 Å². The molecule has 1 aliphatic rings. The van der Waals surface area contributed by atoms with Gasteiger partial charge in [-0.25, -0.2) is 0 Å². The standard InChI is InChI=1S/C12H16OS/c1-9-4-6-11(7-5-9)12(8-13-12)10(2)14-3/h4-7,10H,8H2,1-3H3/t10-,12+/m1/s1. The molecule has 1 heterocycles. The molecule has 1 aromatic rings. The Morgan fingerprint density at radius 3 is 2.36 bits per heavy atom. The van der Waals surface area contributed by atoms with Gasteiger partial charge in [-0.05, 0) is 18.7 Å². The van der Waals surface area contributed by atoms with E-state index >= 15 is 0 Å². The summed E-state index contributed by atoms with van der Waals surface area (Å²) < 4.78 is 5.65. The van der Waals surface area contributed by atoms with E-state index < -0.39 is 0 Å². The molecule has 2 atom stereocenters. The Bertz CT molecular complexity index is 314. The predicted molar refractivity (Wildman–Crippen MR) is 61.8 cm³/mol. The molecule has 2 rings (SSSR count). The number of benzene rings is 1. The third-order valence-electron chi connectivity index (χ3n) is 3.01. The number of ether oxygens (including phenoxy) is 1. The molecule has 0 saturated carbocycles. The molecule has 1 fully saturated rings. The third-order valence-corrected chi connectivity index (χ3v) is 4.09. The first kappa shape index (κ1) is 10.1. The maximum atomic E-state index is 5.65. The summed E-state index contributed by atoms with van der Waals surface area (Å²) in [5.41, 5.74) is 2.64. The molecule has 0 aliphatic carbocycles. The van der Waals surface area contributed by atoms with E-state index in [0.717, 1.165) is 6.61 Å². The molecule has 0 aromatic heterocycles. The van der Waals surface area contributed by atoms with Gasteiger partial charge in [0.2, 0.25) is 0 Å². The van der Waals surface area contributed by atoms with Gasteiger partial charge >= 0.3 is 0 Å². The summed E-state index contributed by atoms with van der Waals surface area (Å²) in [6, 6.07) is 8.70. The molecule has 76 valence electrons. The van der Waals surface area contributed by atoms with E-state index in [1.54, 1.807) is 0 Å². The van der Waals surface area contributed by atoms with Gasteiger partial charge < -0.3 is 4.74 Å². The molecule has 1 aliphatic heterocycles. The van der Waals surface area contributed by atoms with Crippen LogP contribution in [0.2, 0.25) is 0 Å². The topological polar surface area (TPSA) is 12.5 Å². The monoisotopic (exact) mass is 208 g/mol. The SMILES string of the molecule is CS[C@H](C)[C@]1(c2ccc(C)cc2)CO1. The van der Waals surface area contributed by atoms with Crippen molar-refractivity contribution in [2.24, 2.45) is 0 Å². The molecule has 1 aromatic carbocycles. The summed E-state index contributed by atoms with van der Waals surface area (Å²) in [4.78, 5) is 0. The average Bonchev–Trinajstić information content (AvgIpc) is 2.99. The molecule has 0 amide bonds. The van der Waals surface area contributed by atoms with Crippen LogP contribution in [0, 0.1) is 6.92 Å². The number of aryl methyl sites for hydroxylation is 1. The molecule has 0 unspecified atom stereocenters. The first-order valence-electron chi connectivity index (χ1n) is 4.93. The Labute approximate surface area is 89.9 Å². The lowest BCUT2D eigenvalue weighted by Gasteiger charge is -2.18. The van der Waals surface area contributed by atoms with Gasteiger partial charge in [0.05, 0.1) is 6.61 Å². The van der Waals surface area contributed by atoms with Gasteiger partial charge in [-0.3, -0.25) is 0 Å². The van der Waals surface area contributed by atoms with Gasteiger partial charge in [0.1, 0.15) is 5.60 Å². The van der Waals surface area contributed by atoms with Gasteiger partial charge in [0, 0.05) is 5.25 Å². The van der Waals surface area contributed by atoms with E-state index in [4.69, 9.17) is 4.74 Å². The maximum absolute atomic E-state index is 5.65. The fourth-order valence-electron chi connectivity index (χ4n) is 1.74. The molecule has 14 heavy (non-hydrogen) atoms. The smallest absolute Gasteiger partial charge is 0.128 e. The Morgan fingerprint density at radius 2 is 1.93 bits per heavy atom. The zero-order valence-electron chi connectivity index (χ0n) is 8.91. The highest BCUT2D eigenvalue weighted by atomic mass is 32.2. The summed E-state index contributed by atoms with van der Waals surface area (Å²) in [5, 5.41) is 0.533. The van der Waals surface area contributed by atoms with Gasteiger partial charge in [-0.1, -0.05) is 36.8 Å². The first-order chi connectivity index (χ1) is 6.69. The van der Waals surface area contributed by atoms with E-state index in [-0.39, 0.29) is 5.60 Å². The summed E-state index contributed by atoms with van der Waals surface area (Å²) in [5.74, 6) is 0. The maximum Gasteiger partial charge on any atom is 0.128 e. The Balaban J connectivity index is 2.26. The van der Waals surface area contributed by atoms with Crippen LogP contribution in [0.5, 0.6) is 0 Å². The van der Waals surface area contributed by atoms with E-state index in [0.29, 0.717) is 5.25 Å². The molecule has 1 nitrogen and oxygen atoms in total. The van der Waals surface area contributed by atoms with Crippen LogP contribution >= 0.6 is 11.8 Å². The van der Waals surface area contributed by atoms with Crippen LogP contribution < -0.4 is 0 Å². The van der Waals surface area contributed by atoms with E-state index in [1.807, 2.05) is 11.8 Å². The highest BCUT2D eigenvalue weighted by Crippen LogP contribution is 2.46. The number of epoxide rings is 1. The Morgan fingerprint density at radius 1 is 1.36 bits per heavy atom. The summed E-state index contributed by atoms with van der Waals surface area (Å²) in [7, 11) is 0. The minimum atomic E-state index is 0.00706. The summed E-state index contributed by atoms with van der Waals surface area (Å²) in [6.07, 6.45) is 2.14. The van der Waals surface area contributed by atoms with Gasteiger partial charge in [0.25, 0.3) is 0 Å². The highest BCUT2D eigenvalue weighted by molar-refractivity contribution is 7.99. The normalized spacial score (nSPS) is 27.4. The van der Waals surface area contributed by atoms with Crippen LogP contribution in [0.4, 0.5) is 0 Å². The minimum absolute atomic E-state index is 0.00706. The van der Waals surface area contributed by atoms with Crippen LogP contribution in [0.15, 0.2) is 24.3 Å². The van der Waals surface area contributed by atoms with Crippen molar-refractivity contribution in [3.8, 4) is 0 Å². The second-order valence-corrected chi connectivity index (χ2v) is 5.10. The van der Waals surface area contributed by atoms with Crippen LogP contribution in [-0.4, -0.2) is 18.1 Å². The van der Waals surface area contributed by atoms with E-state index in [2.05, 4.69) is 44.4 Å². The van der Waals surface area contributed by atoms with Crippen LogP contribution in [0.1, 0.15) is 18.1 Å². The zero-order chi connectivity index (χ0) is 10.2. The molecule has 2 heteroatoms. The van der Waals surface area contributed by atoms with Crippen LogP contribution in [0.3, 0.4) is 0 Å². The van der Waals surface area contributed by atoms with Crippen molar-refractivity contribution in [3.63, 3.8) is 0 Å². The second-order valence-electron chi connectivity index (χ2n) is 3.92. The molecule has 0 bridgehead atoms. The van der Waals surface area contributed by atoms with Crippen molar-refractivity contribution in [1.29, 1.82) is 0 Å². The number of thioether (sulfide) groups is 1. The fourth-order valence-corrected chi connectivity index (χ4v) is 2.39. The Kier molecular flexibility index (Phi) is 2.58. The first-order valence-corrected chi connectivity index (χ1v) is 6.22. The largest absolute Gasteiger partial charge is 0.363 e. The number of rotatable bonds is 3. The lowest BCUT2D eigenvalue weighted by molar-refractivity contribution is 0.307. The fraction of sp³-hybridized carbons (Fsp3) is 0.500. The quantitative estimate of drug-likeness (QED) is 0.708. The summed E-state index contributed by atoms with van der Waals surface area (Å²) >= 11 is 1.87. The predicted octanol–water partition coefficient (Wildman–Crippen LogP) is 2.97. The van der Waals surface area contributed by atoms with Crippen molar-refractivity contribution in [2.75, 3.05) is 12.9 Å². The van der Waals surface area contributed by atoms with E-state index in [9.17, 15) is 0 Å². The van der Waals surface area contributed by atoms with Crippen molar-refractivity contribution in [1.82, 2.24) is 0 Å². The third kappa shape index (κ3) is 1.57. The molecular weight excluding hydrogens is 192 g/mol. The van der Waals surface area contributed by atoms with Crippen LogP contribution in [-0.2, 0) is 10.3 Å². The van der Waals surface area contributed by atoms with Crippen molar-refractivity contribution in [2.45, 2.75) is 24.7 Å². The highest BCUT2D eigenvalue weighted by Gasteiger charge is 2.50. The van der Waals surface area contributed by atoms with Gasteiger partial charge in [0.15, 0.2) is 0 Å². The molecule has 0 spiro atoms. The zero-order valence-corrected chi connectivity index (χ0v) is 9.73. The minimum Gasteiger partial charge on any atom is -0.363 e. The van der Waals surface area contributed by atoms with Crippen LogP contribution in [0.25, 0.3) is 0 Å². The average molecular weight is 208 g/mol. The lowest BCUT2D eigenvalue weighted by Crippen LogP contribution is -2.21. The number of hydrogen-bond acceptors (Lipinski definition) is 2. The van der Waals surface area contributed by atoms with Gasteiger partial charge in [-0.15, -0.1) is 0 Å². The summed E-state index contributed by atoms with van der Waals surface area (Å²) in [6.45, 7) is 5.22. The molecule has 0 N–H and O–H groups in total. The second kappa shape index (κ2) is 3.59. The van der Waals surface area contributed by atoms with Gasteiger partial charge in [-0.2, -0.15) is 11.8 Å². The van der Waals surface area contributed by atoms with Crippen molar-refractivity contribution < 1.29 is 4.74 Å². The lowest BCUT2D eigenvalue weighted by atomic mass is 9.96. The molecule has 1 saturated heterocycles. The number of hydrogen-bond donors (Lipinski definition) is 0.